The molecule has 0 aliphatic carbocycles. The number of hydrogen-bond donors (Lipinski definition) is 1. The maximum atomic E-state index is 11.3. The van der Waals surface area contributed by atoms with Gasteiger partial charge < -0.3 is 5.11 Å². The summed E-state index contributed by atoms with van der Waals surface area (Å²) in [5.74, 6) is -0.896. The van der Waals surface area contributed by atoms with E-state index in [0.29, 0.717) is 5.56 Å². The number of aromatic carboxylic acids is 1. The van der Waals surface area contributed by atoms with Crippen molar-refractivity contribution in [3.05, 3.63) is 101 Å². The van der Waals surface area contributed by atoms with Crippen LogP contribution in [0.25, 0.3) is 10.8 Å². The maximum absolute atomic E-state index is 11.3. The summed E-state index contributed by atoms with van der Waals surface area (Å²) in [6.45, 7) is 2.58. The van der Waals surface area contributed by atoms with Crippen molar-refractivity contribution in [2.75, 3.05) is 6.54 Å². The highest BCUT2D eigenvalue weighted by molar-refractivity contribution is 5.94. The van der Waals surface area contributed by atoms with Gasteiger partial charge in [0.2, 0.25) is 0 Å². The Morgan fingerprint density at radius 3 is 2.72 bits per heavy atom. The average Bonchev–Trinajstić information content (AvgIpc) is 3.27. The lowest BCUT2D eigenvalue weighted by Gasteiger charge is -2.35. The molecule has 1 atom stereocenters. The first-order chi connectivity index (χ1) is 14.2. The minimum absolute atomic E-state index is 0.189. The molecule has 2 heterocycles. The number of carboxylic acids is 1. The van der Waals surface area contributed by atoms with Crippen molar-refractivity contribution < 1.29 is 9.90 Å². The van der Waals surface area contributed by atoms with E-state index in [9.17, 15) is 9.90 Å². The highest BCUT2D eigenvalue weighted by Crippen LogP contribution is 2.30. The number of fused-ring (bicyclic) bond motifs is 2. The zero-order chi connectivity index (χ0) is 19.8. The molecule has 0 amide bonds. The Morgan fingerprint density at radius 2 is 1.90 bits per heavy atom. The van der Waals surface area contributed by atoms with Crippen molar-refractivity contribution in [1.29, 1.82) is 0 Å². The maximum Gasteiger partial charge on any atom is 0.335 e. The van der Waals surface area contributed by atoms with Crippen molar-refractivity contribution >= 4 is 16.7 Å². The van der Waals surface area contributed by atoms with Crippen LogP contribution in [0.2, 0.25) is 0 Å². The molecule has 1 N–H and O–H groups in total. The van der Waals surface area contributed by atoms with Crippen LogP contribution in [0.1, 0.15) is 33.1 Å². The summed E-state index contributed by atoms with van der Waals surface area (Å²) >= 11 is 0. The first kappa shape index (κ1) is 17.6. The van der Waals surface area contributed by atoms with Gasteiger partial charge >= 0.3 is 5.97 Å². The van der Waals surface area contributed by atoms with E-state index in [1.54, 1.807) is 12.1 Å². The van der Waals surface area contributed by atoms with E-state index in [2.05, 4.69) is 52.5 Å². The van der Waals surface area contributed by atoms with Gasteiger partial charge in [0.05, 0.1) is 11.6 Å². The summed E-state index contributed by atoms with van der Waals surface area (Å²) < 4.78 is 2.03. The second-order valence-electron chi connectivity index (χ2n) is 7.57. The lowest BCUT2D eigenvalue weighted by atomic mass is 9.95. The molecule has 1 unspecified atom stereocenters. The summed E-state index contributed by atoms with van der Waals surface area (Å²) in [5.41, 5.74) is 4.16. The molecule has 3 aromatic carbocycles. The fraction of sp³-hybridized carbons (Fsp3) is 0.167. The summed E-state index contributed by atoms with van der Waals surface area (Å²) in [4.78, 5) is 13.7. The number of carboxylic acid groups (broad SMARTS) is 1. The minimum atomic E-state index is -0.896. The number of rotatable bonds is 4. The Hall–Kier alpha value is -3.44. The molecule has 144 valence electrons. The van der Waals surface area contributed by atoms with Gasteiger partial charge in [-0.05, 0) is 51.7 Å². The molecule has 0 fully saturated rings. The average molecular weight is 383 g/mol. The van der Waals surface area contributed by atoms with E-state index >= 15 is 0 Å². The third-order valence-electron chi connectivity index (χ3n) is 5.64. The third-order valence-corrected chi connectivity index (χ3v) is 5.64. The van der Waals surface area contributed by atoms with Crippen LogP contribution in [-0.2, 0) is 13.1 Å². The first-order valence-corrected chi connectivity index (χ1v) is 9.73. The summed E-state index contributed by atoms with van der Waals surface area (Å²) in [6.07, 6.45) is 3.85. The molecule has 0 radical (unpaired) electrons. The third kappa shape index (κ3) is 3.41. The normalized spacial score (nSPS) is 16.6. The first-order valence-electron chi connectivity index (χ1n) is 9.73. The van der Waals surface area contributed by atoms with Crippen molar-refractivity contribution in [3.63, 3.8) is 0 Å². The highest BCUT2D eigenvalue weighted by Gasteiger charge is 2.26. The molecule has 1 aliphatic rings. The number of aromatic nitrogens is 2. The number of benzene rings is 3. The number of nitrogens with zero attached hydrogens (tertiary/aromatic N) is 3. The van der Waals surface area contributed by atoms with E-state index < -0.39 is 5.97 Å². The molecule has 0 saturated heterocycles. The summed E-state index contributed by atoms with van der Waals surface area (Å²) in [7, 11) is 0. The van der Waals surface area contributed by atoms with E-state index in [1.165, 1.54) is 16.7 Å². The Kier molecular flexibility index (Phi) is 4.37. The van der Waals surface area contributed by atoms with Crippen LogP contribution in [0, 0.1) is 0 Å². The molecule has 0 bridgehead atoms. The van der Waals surface area contributed by atoms with Crippen LogP contribution in [0.15, 0.2) is 79.1 Å². The topological polar surface area (TPSA) is 58.4 Å². The van der Waals surface area contributed by atoms with Crippen molar-refractivity contribution in [3.8, 4) is 0 Å². The molecule has 0 spiro atoms. The fourth-order valence-corrected chi connectivity index (χ4v) is 4.25. The summed E-state index contributed by atoms with van der Waals surface area (Å²) in [5, 5.41) is 15.8. The Bertz CT molecular complexity index is 1180. The number of hydrogen-bond acceptors (Lipinski definition) is 3. The second-order valence-corrected chi connectivity index (χ2v) is 7.57. The van der Waals surface area contributed by atoms with E-state index in [0.717, 1.165) is 30.4 Å². The van der Waals surface area contributed by atoms with Gasteiger partial charge in [0.15, 0.2) is 0 Å². The standard InChI is InChI=1S/C24H21N3O2/c28-24(29)19-9-8-18-7-6-17(12-21(18)13-19)14-26-15-20-4-1-2-5-22(20)23(16-26)27-11-3-10-25-27/h1-13,23H,14-16H2,(H,28,29). The van der Waals surface area contributed by atoms with E-state index in [-0.39, 0.29) is 6.04 Å². The Morgan fingerprint density at radius 1 is 1.03 bits per heavy atom. The number of carbonyl (C=O) groups is 1. The largest absolute Gasteiger partial charge is 0.478 e. The molecule has 5 nitrogen and oxygen atoms in total. The van der Waals surface area contributed by atoms with Crippen LogP contribution in [0.5, 0.6) is 0 Å². The Balaban J connectivity index is 1.45. The van der Waals surface area contributed by atoms with Crippen molar-refractivity contribution in [1.82, 2.24) is 14.7 Å². The van der Waals surface area contributed by atoms with Gasteiger partial charge in [-0.15, -0.1) is 0 Å². The van der Waals surface area contributed by atoms with Gasteiger partial charge in [-0.1, -0.05) is 42.5 Å². The van der Waals surface area contributed by atoms with E-state index in [4.69, 9.17) is 0 Å². The molecular weight excluding hydrogens is 362 g/mol. The second kappa shape index (κ2) is 7.18. The van der Waals surface area contributed by atoms with Crippen LogP contribution in [0.3, 0.4) is 0 Å². The molecule has 29 heavy (non-hydrogen) atoms. The quantitative estimate of drug-likeness (QED) is 0.570. The van der Waals surface area contributed by atoms with Crippen LogP contribution in [-0.4, -0.2) is 32.3 Å². The van der Waals surface area contributed by atoms with E-state index in [1.807, 2.05) is 29.2 Å². The Labute approximate surface area is 168 Å². The van der Waals surface area contributed by atoms with Gasteiger partial charge in [0.25, 0.3) is 0 Å². The van der Waals surface area contributed by atoms with Crippen LogP contribution >= 0.6 is 0 Å². The molecule has 1 aliphatic heterocycles. The van der Waals surface area contributed by atoms with Crippen LogP contribution in [0.4, 0.5) is 0 Å². The molecule has 0 saturated carbocycles. The predicted molar refractivity (Wildman–Crippen MR) is 112 cm³/mol. The van der Waals surface area contributed by atoms with Gasteiger partial charge in [-0.2, -0.15) is 5.10 Å². The van der Waals surface area contributed by atoms with Gasteiger partial charge in [0.1, 0.15) is 0 Å². The lowest BCUT2D eigenvalue weighted by molar-refractivity contribution is 0.0697. The molecule has 5 rings (SSSR count). The van der Waals surface area contributed by atoms with Gasteiger partial charge in [-0.3, -0.25) is 9.58 Å². The van der Waals surface area contributed by atoms with Crippen molar-refractivity contribution in [2.45, 2.75) is 19.1 Å². The SMILES string of the molecule is O=C(O)c1ccc2ccc(CN3Cc4ccccc4C(n4cccn4)C3)cc2c1. The summed E-state index contributed by atoms with van der Waals surface area (Å²) in [6, 6.07) is 22.3. The predicted octanol–water partition coefficient (Wildman–Crippen LogP) is 4.34. The molecular formula is C24H21N3O2. The van der Waals surface area contributed by atoms with Gasteiger partial charge in [0, 0.05) is 32.0 Å². The fourth-order valence-electron chi connectivity index (χ4n) is 4.25. The zero-order valence-corrected chi connectivity index (χ0v) is 15.9. The smallest absolute Gasteiger partial charge is 0.335 e. The molecule has 1 aromatic heterocycles. The minimum Gasteiger partial charge on any atom is -0.478 e. The van der Waals surface area contributed by atoms with Crippen molar-refractivity contribution in [2.24, 2.45) is 0 Å². The molecule has 4 aromatic rings. The molecule has 5 heteroatoms. The lowest BCUT2D eigenvalue weighted by Crippen LogP contribution is -2.36. The van der Waals surface area contributed by atoms with Gasteiger partial charge in [-0.25, -0.2) is 4.79 Å². The van der Waals surface area contributed by atoms with Crippen LogP contribution < -0.4 is 0 Å². The monoisotopic (exact) mass is 383 g/mol. The highest BCUT2D eigenvalue weighted by atomic mass is 16.4. The zero-order valence-electron chi connectivity index (χ0n) is 15.9.